The first-order chi connectivity index (χ1) is 9.68. The second-order valence-corrected chi connectivity index (χ2v) is 4.31. The summed E-state index contributed by atoms with van der Waals surface area (Å²) in [7, 11) is 0. The molecule has 1 fully saturated rings. The van der Waals surface area contributed by atoms with Gasteiger partial charge in [0.2, 0.25) is 0 Å². The maximum absolute atomic E-state index is 8.44. The highest BCUT2D eigenvalue weighted by Crippen LogP contribution is 2.68. The van der Waals surface area contributed by atoms with Gasteiger partial charge in [-0.15, -0.1) is 0 Å². The molecule has 15 heavy (non-hydrogen) atoms. The summed E-state index contributed by atoms with van der Waals surface area (Å²) in [6, 6.07) is 7.32. The fourth-order valence-electron chi connectivity index (χ4n) is 2.58. The van der Waals surface area contributed by atoms with Crippen LogP contribution in [0.2, 0.25) is 0 Å². The van der Waals surface area contributed by atoms with Gasteiger partial charge < -0.3 is 4.74 Å². The van der Waals surface area contributed by atoms with Crippen molar-refractivity contribution in [3.05, 3.63) is 35.9 Å². The molecular formula is C14H14O. The zero-order chi connectivity index (χ0) is 15.3. The first-order valence-corrected chi connectivity index (χ1v) is 5.13. The summed E-state index contributed by atoms with van der Waals surface area (Å²) in [6.07, 6.45) is -0.541. The molecule has 0 aromatic heterocycles. The molecular weight excluding hydrogens is 184 g/mol. The van der Waals surface area contributed by atoms with E-state index in [1.807, 2.05) is 24.3 Å². The van der Waals surface area contributed by atoms with Crippen LogP contribution in [0.1, 0.15) is 27.0 Å². The smallest absolute Gasteiger partial charge is 0.126 e. The van der Waals surface area contributed by atoms with Crippen LogP contribution in [0.3, 0.4) is 0 Å². The van der Waals surface area contributed by atoms with Gasteiger partial charge in [-0.05, 0) is 29.3 Å². The van der Waals surface area contributed by atoms with Crippen molar-refractivity contribution in [2.45, 2.75) is 13.2 Å². The summed E-state index contributed by atoms with van der Waals surface area (Å²) < 4.78 is 53.8. The topological polar surface area (TPSA) is 9.23 Å². The van der Waals surface area contributed by atoms with Gasteiger partial charge in [-0.1, -0.05) is 31.1 Å². The number of hydrogen-bond donors (Lipinski definition) is 0. The van der Waals surface area contributed by atoms with Gasteiger partial charge in [-0.3, -0.25) is 0 Å². The predicted octanol–water partition coefficient (Wildman–Crippen LogP) is 3.12. The van der Waals surface area contributed by atoms with E-state index in [9.17, 15) is 0 Å². The number of allylic oxidation sites excluding steroid dienone is 1. The van der Waals surface area contributed by atoms with Crippen LogP contribution in [0.4, 0.5) is 0 Å². The third kappa shape index (κ3) is 0.847. The standard InChI is InChI=1S/C14H14O/c1-14-7-9(14)6-11-10-4-2-3-5-13(10)15-8-12(11)14/h2-6,9,12H,7-8H2,1H3/t9-,12-,14+/m0/s1/i1D3,7D2,9D. The van der Waals surface area contributed by atoms with Crippen LogP contribution in [0.25, 0.3) is 5.57 Å². The van der Waals surface area contributed by atoms with E-state index >= 15 is 0 Å². The van der Waals surface area contributed by atoms with Crippen LogP contribution in [-0.2, 0) is 0 Å². The number of benzene rings is 1. The second kappa shape index (κ2) is 2.29. The van der Waals surface area contributed by atoms with Crippen molar-refractivity contribution in [1.29, 1.82) is 0 Å². The molecule has 4 rings (SSSR count). The van der Waals surface area contributed by atoms with E-state index < -0.39 is 30.5 Å². The number of rotatable bonds is 0. The number of ether oxygens (including phenoxy) is 1. The highest BCUT2D eigenvalue weighted by atomic mass is 16.5. The lowest BCUT2D eigenvalue weighted by Crippen LogP contribution is -2.24. The molecule has 0 spiro atoms. The Morgan fingerprint density at radius 3 is 3.47 bits per heavy atom. The zero-order valence-electron chi connectivity index (χ0n) is 14.1. The molecule has 1 aromatic rings. The Balaban J connectivity index is 1.94. The monoisotopic (exact) mass is 204 g/mol. The lowest BCUT2D eigenvalue weighted by Gasteiger charge is -2.29. The van der Waals surface area contributed by atoms with Crippen LogP contribution in [0.5, 0.6) is 5.75 Å². The molecule has 3 atom stereocenters. The van der Waals surface area contributed by atoms with E-state index in [0.29, 0.717) is 5.75 Å². The molecule has 3 aliphatic rings. The van der Waals surface area contributed by atoms with Gasteiger partial charge in [0.15, 0.2) is 0 Å². The maximum atomic E-state index is 8.44. The average Bonchev–Trinajstić information content (AvgIpc) is 2.66. The molecule has 0 unspecified atom stereocenters. The van der Waals surface area contributed by atoms with Gasteiger partial charge in [0.25, 0.3) is 0 Å². The molecule has 0 amide bonds. The Morgan fingerprint density at radius 1 is 1.60 bits per heavy atom. The molecule has 1 nitrogen and oxygen atoms in total. The molecule has 1 heterocycles. The average molecular weight is 204 g/mol. The van der Waals surface area contributed by atoms with Gasteiger partial charge in [-0.2, -0.15) is 0 Å². The number of fused-ring (bicyclic) bond motifs is 5. The van der Waals surface area contributed by atoms with Crippen molar-refractivity contribution in [3.63, 3.8) is 0 Å². The lowest BCUT2D eigenvalue weighted by molar-refractivity contribution is 0.220. The van der Waals surface area contributed by atoms with Crippen LogP contribution < -0.4 is 4.74 Å². The fourth-order valence-corrected chi connectivity index (χ4v) is 2.58. The van der Waals surface area contributed by atoms with Crippen LogP contribution in [0, 0.1) is 17.2 Å². The molecule has 0 saturated heterocycles. The quantitative estimate of drug-likeness (QED) is 0.631. The summed E-state index contributed by atoms with van der Waals surface area (Å²) in [4.78, 5) is 0. The van der Waals surface area contributed by atoms with Gasteiger partial charge in [-0.25, -0.2) is 0 Å². The van der Waals surface area contributed by atoms with Crippen molar-refractivity contribution in [2.75, 3.05) is 6.61 Å². The van der Waals surface area contributed by atoms with Crippen LogP contribution in [-0.4, -0.2) is 6.61 Å². The minimum absolute atomic E-state index is 0.112. The Kier molecular flexibility index (Phi) is 0.660. The van der Waals surface area contributed by atoms with Gasteiger partial charge in [0.1, 0.15) is 5.75 Å². The summed E-state index contributed by atoms with van der Waals surface area (Å²) >= 11 is 0. The fraction of sp³-hybridized carbons (Fsp3) is 0.429. The van der Waals surface area contributed by atoms with E-state index in [0.717, 1.165) is 11.1 Å². The van der Waals surface area contributed by atoms with E-state index in [4.69, 9.17) is 13.0 Å². The number of para-hydroxylation sites is 1. The SMILES string of the molecule is [2H]C([2H])([2H])[C@]12[C@H]3COc4ccccc4C3=C[C@@]1([2H])C2([2H])[2H]. The second-order valence-electron chi connectivity index (χ2n) is 4.31. The summed E-state index contributed by atoms with van der Waals surface area (Å²) in [5, 5.41) is 0. The van der Waals surface area contributed by atoms with Crippen molar-refractivity contribution in [2.24, 2.45) is 17.2 Å². The van der Waals surface area contributed by atoms with E-state index in [2.05, 4.69) is 0 Å². The summed E-state index contributed by atoms with van der Waals surface area (Å²) in [5.41, 5.74) is -0.166. The molecule has 0 N–H and O–H groups in total. The molecule has 1 heteroatoms. The minimum atomic E-state index is -2.54. The van der Waals surface area contributed by atoms with Gasteiger partial charge >= 0.3 is 0 Å². The normalized spacial score (nSPS) is 54.7. The van der Waals surface area contributed by atoms with Crippen LogP contribution >= 0.6 is 0 Å². The third-order valence-corrected chi connectivity index (χ3v) is 3.50. The first kappa shape index (κ1) is 4.32. The Hall–Kier alpha value is -1.24. The predicted molar refractivity (Wildman–Crippen MR) is 59.6 cm³/mol. The van der Waals surface area contributed by atoms with Gasteiger partial charge in [0, 0.05) is 19.7 Å². The Labute approximate surface area is 98.2 Å². The molecule has 1 aromatic carbocycles. The molecule has 2 aliphatic carbocycles. The van der Waals surface area contributed by atoms with E-state index in [-0.39, 0.29) is 6.61 Å². The molecule has 76 valence electrons. The maximum Gasteiger partial charge on any atom is 0.126 e. The zero-order valence-corrected chi connectivity index (χ0v) is 8.08. The van der Waals surface area contributed by atoms with Crippen molar-refractivity contribution < 1.29 is 13.0 Å². The van der Waals surface area contributed by atoms with Gasteiger partial charge in [0.05, 0.1) is 6.61 Å². The van der Waals surface area contributed by atoms with E-state index in [1.165, 1.54) is 6.08 Å². The minimum Gasteiger partial charge on any atom is -0.492 e. The lowest BCUT2D eigenvalue weighted by atomic mass is 9.83. The van der Waals surface area contributed by atoms with E-state index in [1.54, 1.807) is 0 Å². The van der Waals surface area contributed by atoms with Crippen molar-refractivity contribution in [1.82, 2.24) is 0 Å². The first-order valence-electron chi connectivity index (χ1n) is 8.13. The molecule has 1 saturated carbocycles. The van der Waals surface area contributed by atoms with Crippen LogP contribution in [0.15, 0.2) is 30.3 Å². The largest absolute Gasteiger partial charge is 0.492 e. The molecule has 1 aliphatic heterocycles. The molecule has 0 radical (unpaired) electrons. The Morgan fingerprint density at radius 2 is 2.53 bits per heavy atom. The highest BCUT2D eigenvalue weighted by Gasteiger charge is 2.60. The summed E-state index contributed by atoms with van der Waals surface area (Å²) in [5.74, 6) is -1.63. The third-order valence-electron chi connectivity index (χ3n) is 3.50. The van der Waals surface area contributed by atoms with Crippen molar-refractivity contribution >= 4 is 5.57 Å². The Bertz CT molecular complexity index is 678. The number of hydrogen-bond acceptors (Lipinski definition) is 1. The van der Waals surface area contributed by atoms with Crippen molar-refractivity contribution in [3.8, 4) is 5.75 Å². The summed E-state index contributed by atoms with van der Waals surface area (Å²) in [6.45, 7) is -2.43. The molecule has 0 bridgehead atoms. The highest BCUT2D eigenvalue weighted by molar-refractivity contribution is 5.78.